The molecule has 2 aliphatic rings. The summed E-state index contributed by atoms with van der Waals surface area (Å²) in [6.07, 6.45) is 4.99. The number of hydrogen-bond donors (Lipinski definition) is 1. The van der Waals surface area contributed by atoms with Gasteiger partial charge in [0.05, 0.1) is 12.4 Å². The minimum absolute atomic E-state index is 0.0444. The number of fused-ring (bicyclic) bond motifs is 1. The lowest BCUT2D eigenvalue weighted by Gasteiger charge is -2.45. The molecule has 1 fully saturated rings. The molecule has 0 amide bonds. The molecule has 3 unspecified atom stereocenters. The van der Waals surface area contributed by atoms with Crippen molar-refractivity contribution in [1.29, 1.82) is 0 Å². The minimum Gasteiger partial charge on any atom is -0.462 e. The van der Waals surface area contributed by atoms with Crippen LogP contribution in [0.1, 0.15) is 47.3 Å². The van der Waals surface area contributed by atoms with Gasteiger partial charge >= 0.3 is 0 Å². The number of ketones is 1. The second-order valence-electron chi connectivity index (χ2n) is 7.96. The number of carbonyl (C=O) groups is 1. The zero-order valence-electron chi connectivity index (χ0n) is 17.3. The van der Waals surface area contributed by atoms with Crippen molar-refractivity contribution in [2.75, 3.05) is 13.5 Å². The van der Waals surface area contributed by atoms with E-state index >= 15 is 0 Å². The first-order valence-corrected chi connectivity index (χ1v) is 10.4. The van der Waals surface area contributed by atoms with Crippen LogP contribution in [0.25, 0.3) is 0 Å². The van der Waals surface area contributed by atoms with Gasteiger partial charge in [-0.05, 0) is 37.0 Å². The lowest BCUT2D eigenvalue weighted by Crippen LogP contribution is -2.52. The van der Waals surface area contributed by atoms with Crippen molar-refractivity contribution in [2.45, 2.75) is 43.7 Å². The van der Waals surface area contributed by atoms with Crippen LogP contribution in [-0.4, -0.2) is 41.4 Å². The second kappa shape index (κ2) is 9.13. The van der Waals surface area contributed by atoms with E-state index in [9.17, 15) is 18.0 Å². The van der Waals surface area contributed by atoms with Crippen LogP contribution in [0, 0.1) is 11.7 Å². The molecule has 4 rings (SSSR count). The molecule has 2 N–H and O–H groups in total. The standard InChI is InChI=1S/C22H23F3N4O3/c23-11-22(14-3-1-2-4-19(14)32-21(26)29-22)15-7-13(5-6-16(15)25)8-18(30)17-9-28-20(10-27-17)31-12-24/h5-7,9-10,14,19H,1-4,8,11-12H2,(H2,26,29). The summed E-state index contributed by atoms with van der Waals surface area (Å²) >= 11 is 0. The summed E-state index contributed by atoms with van der Waals surface area (Å²) in [6, 6.07) is 3.98. The summed E-state index contributed by atoms with van der Waals surface area (Å²) < 4.78 is 52.0. The van der Waals surface area contributed by atoms with E-state index in [2.05, 4.69) is 19.7 Å². The Kier molecular flexibility index (Phi) is 6.29. The highest BCUT2D eigenvalue weighted by atomic mass is 19.1. The fraction of sp³-hybridized carbons (Fsp3) is 0.455. The highest BCUT2D eigenvalue weighted by Crippen LogP contribution is 2.47. The number of alkyl halides is 2. The maximum Gasteiger partial charge on any atom is 0.283 e. The fourth-order valence-corrected chi connectivity index (χ4v) is 4.59. The van der Waals surface area contributed by atoms with Crippen molar-refractivity contribution in [3.8, 4) is 5.88 Å². The largest absolute Gasteiger partial charge is 0.462 e. The molecule has 0 radical (unpaired) electrons. The number of halogens is 3. The van der Waals surface area contributed by atoms with Crippen LogP contribution in [0.3, 0.4) is 0 Å². The molecule has 1 aliphatic carbocycles. The van der Waals surface area contributed by atoms with E-state index in [-0.39, 0.29) is 47.4 Å². The van der Waals surface area contributed by atoms with Gasteiger partial charge in [-0.2, -0.15) is 0 Å². The highest BCUT2D eigenvalue weighted by Gasteiger charge is 2.51. The Bertz CT molecular complexity index is 1020. The van der Waals surface area contributed by atoms with Gasteiger partial charge in [0, 0.05) is 17.9 Å². The molecular formula is C22H23F3N4O3. The maximum atomic E-state index is 15.0. The SMILES string of the molecule is NC1=NC(CF)(c2cc(CC(=O)c3cnc(OCF)cn3)ccc2F)C2CCCCC2O1. The van der Waals surface area contributed by atoms with Gasteiger partial charge in [-0.3, -0.25) is 4.79 Å². The number of carbonyl (C=O) groups excluding carboxylic acids is 1. The topological polar surface area (TPSA) is 99.7 Å². The van der Waals surface area contributed by atoms with Crippen molar-refractivity contribution < 1.29 is 27.4 Å². The molecule has 1 aliphatic heterocycles. The van der Waals surface area contributed by atoms with Crippen molar-refractivity contribution >= 4 is 11.8 Å². The number of amidine groups is 1. The lowest BCUT2D eigenvalue weighted by atomic mass is 9.69. The minimum atomic E-state index is -1.50. The molecule has 1 aromatic carbocycles. The van der Waals surface area contributed by atoms with E-state index in [1.165, 1.54) is 24.4 Å². The number of Topliss-reactive ketones (excluding diaryl/α,β-unsaturated/α-hetero) is 1. The third-order valence-electron chi connectivity index (χ3n) is 6.08. The Balaban J connectivity index is 1.64. The van der Waals surface area contributed by atoms with Crippen LogP contribution in [0.2, 0.25) is 0 Å². The van der Waals surface area contributed by atoms with E-state index in [1.807, 2.05) is 0 Å². The van der Waals surface area contributed by atoms with Gasteiger partial charge in [0.15, 0.2) is 5.78 Å². The van der Waals surface area contributed by atoms with Gasteiger partial charge in [-0.15, -0.1) is 0 Å². The molecule has 0 bridgehead atoms. The van der Waals surface area contributed by atoms with E-state index < -0.39 is 24.9 Å². The van der Waals surface area contributed by atoms with Crippen molar-refractivity contribution in [3.05, 3.63) is 53.2 Å². The average molecular weight is 448 g/mol. The molecule has 32 heavy (non-hydrogen) atoms. The number of benzene rings is 1. The maximum absolute atomic E-state index is 15.0. The van der Waals surface area contributed by atoms with Crippen molar-refractivity contribution in [3.63, 3.8) is 0 Å². The molecule has 10 heteroatoms. The number of ether oxygens (including phenoxy) is 2. The van der Waals surface area contributed by atoms with Crippen LogP contribution in [-0.2, 0) is 16.7 Å². The van der Waals surface area contributed by atoms with E-state index in [1.54, 1.807) is 0 Å². The number of aliphatic imine (C=N–C) groups is 1. The van der Waals surface area contributed by atoms with Gasteiger partial charge in [0.1, 0.15) is 29.8 Å². The number of nitrogens with zero attached hydrogens (tertiary/aromatic N) is 3. The smallest absolute Gasteiger partial charge is 0.283 e. The molecule has 0 saturated heterocycles. The molecule has 1 saturated carbocycles. The number of hydrogen-bond acceptors (Lipinski definition) is 7. The number of rotatable bonds is 7. The molecule has 2 heterocycles. The quantitative estimate of drug-likeness (QED) is 0.652. The summed E-state index contributed by atoms with van der Waals surface area (Å²) in [7, 11) is 0. The van der Waals surface area contributed by atoms with Crippen LogP contribution < -0.4 is 10.5 Å². The Morgan fingerprint density at radius 2 is 2.03 bits per heavy atom. The summed E-state index contributed by atoms with van der Waals surface area (Å²) in [6.45, 7) is -2.00. The fourth-order valence-electron chi connectivity index (χ4n) is 4.59. The van der Waals surface area contributed by atoms with Crippen molar-refractivity contribution in [1.82, 2.24) is 9.97 Å². The van der Waals surface area contributed by atoms with Crippen LogP contribution in [0.5, 0.6) is 5.88 Å². The monoisotopic (exact) mass is 448 g/mol. The van der Waals surface area contributed by atoms with E-state index in [4.69, 9.17) is 10.5 Å². The molecule has 170 valence electrons. The first-order valence-electron chi connectivity index (χ1n) is 10.4. The molecular weight excluding hydrogens is 425 g/mol. The van der Waals surface area contributed by atoms with E-state index in [0.29, 0.717) is 18.4 Å². The lowest BCUT2D eigenvalue weighted by molar-refractivity contribution is -0.00110. The summed E-state index contributed by atoms with van der Waals surface area (Å²) in [5.74, 6) is -1.41. The number of nitrogens with two attached hydrogens (primary N) is 1. The summed E-state index contributed by atoms with van der Waals surface area (Å²) in [5.41, 5.74) is 4.92. The predicted octanol–water partition coefficient (Wildman–Crippen LogP) is 3.42. The van der Waals surface area contributed by atoms with Gasteiger partial charge < -0.3 is 15.2 Å². The van der Waals surface area contributed by atoms with Crippen LogP contribution in [0.4, 0.5) is 13.2 Å². The van der Waals surface area contributed by atoms with Gasteiger partial charge in [0.25, 0.3) is 6.02 Å². The first-order chi connectivity index (χ1) is 15.5. The highest BCUT2D eigenvalue weighted by molar-refractivity contribution is 5.95. The molecule has 7 nitrogen and oxygen atoms in total. The summed E-state index contributed by atoms with van der Waals surface area (Å²) in [4.78, 5) is 24.6. The van der Waals surface area contributed by atoms with Crippen LogP contribution >= 0.6 is 0 Å². The van der Waals surface area contributed by atoms with Gasteiger partial charge in [-0.25, -0.2) is 28.1 Å². The average Bonchev–Trinajstić information content (AvgIpc) is 2.80. The van der Waals surface area contributed by atoms with Gasteiger partial charge in [0.2, 0.25) is 12.7 Å². The van der Waals surface area contributed by atoms with E-state index in [0.717, 1.165) is 19.0 Å². The Morgan fingerprint density at radius 3 is 2.75 bits per heavy atom. The predicted molar refractivity (Wildman–Crippen MR) is 109 cm³/mol. The van der Waals surface area contributed by atoms with Crippen LogP contribution in [0.15, 0.2) is 35.6 Å². The molecule has 3 atom stereocenters. The zero-order valence-corrected chi connectivity index (χ0v) is 17.3. The second-order valence-corrected chi connectivity index (χ2v) is 7.96. The summed E-state index contributed by atoms with van der Waals surface area (Å²) in [5, 5.41) is 0. The Labute approximate surface area is 182 Å². The molecule has 2 aromatic rings. The third kappa shape index (κ3) is 4.13. The molecule has 1 aromatic heterocycles. The Morgan fingerprint density at radius 1 is 1.22 bits per heavy atom. The first kappa shape index (κ1) is 22.0. The number of aromatic nitrogens is 2. The molecule has 0 spiro atoms. The van der Waals surface area contributed by atoms with Crippen molar-refractivity contribution in [2.24, 2.45) is 16.6 Å². The van der Waals surface area contributed by atoms with Gasteiger partial charge in [-0.1, -0.05) is 12.5 Å². The third-order valence-corrected chi connectivity index (χ3v) is 6.08. The zero-order chi connectivity index (χ0) is 22.7. The normalized spacial score (nSPS) is 24.8. The Hall–Kier alpha value is -3.17.